The third kappa shape index (κ3) is 17.0. The number of aliphatic hydroxyl groups is 6. The van der Waals surface area contributed by atoms with Crippen molar-refractivity contribution in [3.63, 3.8) is 0 Å². The van der Waals surface area contributed by atoms with E-state index in [-0.39, 0.29) is 71.7 Å². The van der Waals surface area contributed by atoms with E-state index in [0.29, 0.717) is 62.5 Å². The van der Waals surface area contributed by atoms with Crippen molar-refractivity contribution in [2.75, 3.05) is 43.2 Å². The summed E-state index contributed by atoms with van der Waals surface area (Å²) in [5.41, 5.74) is 6.44. The second-order valence-corrected chi connectivity index (χ2v) is 34.2. The van der Waals surface area contributed by atoms with Crippen LogP contribution in [0.4, 0.5) is 5.69 Å². The number of hydrogen-bond donors (Lipinski definition) is 6. The van der Waals surface area contributed by atoms with E-state index >= 15 is 0 Å². The Morgan fingerprint density at radius 1 is 0.464 bits per heavy atom. The quantitative estimate of drug-likeness (QED) is 0.0406. The molecule has 596 valence electrons. The zero-order chi connectivity index (χ0) is 80.3. The van der Waals surface area contributed by atoms with E-state index in [1.165, 1.54) is 19.3 Å². The van der Waals surface area contributed by atoms with E-state index in [0.717, 1.165) is 80.1 Å². The number of benzene rings is 4. The summed E-state index contributed by atoms with van der Waals surface area (Å²) in [5.74, 6) is -2.44. The highest BCUT2D eigenvalue weighted by molar-refractivity contribution is 9.09. The molecule has 7 aromatic rings. The van der Waals surface area contributed by atoms with Gasteiger partial charge in [0.2, 0.25) is 5.78 Å². The molecule has 8 aliphatic rings. The van der Waals surface area contributed by atoms with Gasteiger partial charge in [-0.25, -0.2) is 0 Å². The highest BCUT2D eigenvalue weighted by atomic mass is 79.9. The largest absolute Gasteiger partial charge is 0.394 e. The lowest BCUT2D eigenvalue weighted by Crippen LogP contribution is -2.48. The molecule has 0 spiro atoms. The molecular formula is C82H106BrN7O20. The first kappa shape index (κ1) is 83.3. The van der Waals surface area contributed by atoms with Gasteiger partial charge in [0, 0.05) is 44.5 Å². The van der Waals surface area contributed by atoms with Gasteiger partial charge in [-0.2, -0.15) is 0 Å². The molecule has 27 nitrogen and oxygen atoms in total. The number of carbonyl (C=O) groups excluding carboxylic acids is 2. The Hall–Kier alpha value is -7.68. The van der Waals surface area contributed by atoms with E-state index in [1.807, 2.05) is 94.5 Å². The van der Waals surface area contributed by atoms with Crippen molar-refractivity contribution in [3.05, 3.63) is 187 Å². The lowest BCUT2D eigenvalue weighted by Gasteiger charge is -2.41. The molecule has 3 aromatic heterocycles. The smallest absolute Gasteiger partial charge is 0.317 e. The van der Waals surface area contributed by atoms with Gasteiger partial charge >= 0.3 is 33.4 Å². The molecule has 0 bridgehead atoms. The molecule has 0 unspecified atom stereocenters. The van der Waals surface area contributed by atoms with E-state index in [4.69, 9.17) is 33.5 Å². The molecule has 8 aliphatic heterocycles. The Labute approximate surface area is 645 Å². The van der Waals surface area contributed by atoms with Crippen LogP contribution in [0.5, 0.6) is 0 Å². The second-order valence-electron chi connectivity index (χ2n) is 33.5. The fourth-order valence-electron chi connectivity index (χ4n) is 15.9. The average molecular weight is 1590 g/mol. The van der Waals surface area contributed by atoms with Gasteiger partial charge in [-0.15, -0.1) is 0 Å². The Morgan fingerprint density at radius 2 is 0.855 bits per heavy atom. The van der Waals surface area contributed by atoms with Crippen LogP contribution in [0, 0.1) is 0 Å². The van der Waals surface area contributed by atoms with Crippen LogP contribution in [-0.4, -0.2) is 174 Å². The number of rotatable bonds is 14. The van der Waals surface area contributed by atoms with E-state index < -0.39 is 93.9 Å². The Morgan fingerprint density at radius 3 is 1.28 bits per heavy atom. The normalized spacial score (nSPS) is 23.1. The fraction of sp³-hybridized carbons (Fsp3) is 0.561. The summed E-state index contributed by atoms with van der Waals surface area (Å²) in [7, 11) is 0. The van der Waals surface area contributed by atoms with Gasteiger partial charge in [-0.3, -0.25) is 52.1 Å². The Balaban J connectivity index is 0.000000141. The number of Topliss-reactive ketones (excluding diaryl/α,β-unsaturated/α-hetero) is 1. The number of amides is 1. The molecule has 0 aliphatic carbocycles. The molecule has 0 radical (unpaired) electrons. The van der Waals surface area contributed by atoms with E-state index in [9.17, 15) is 63.9 Å². The van der Waals surface area contributed by atoms with Gasteiger partial charge in [0.15, 0.2) is 17.4 Å². The minimum Gasteiger partial charge on any atom is -0.394 e. The highest BCUT2D eigenvalue weighted by Gasteiger charge is 2.43. The van der Waals surface area contributed by atoms with E-state index in [1.54, 1.807) is 46.1 Å². The topological polar surface area (TPSA) is 346 Å². The number of hydrogen-bond acceptors (Lipinski definition) is 20. The first-order valence-corrected chi connectivity index (χ1v) is 38.8. The molecule has 6 N–H and O–H groups in total. The Bertz CT molecular complexity index is 5110. The summed E-state index contributed by atoms with van der Waals surface area (Å²) in [6.45, 7) is 30.6. The minimum atomic E-state index is -1.64. The van der Waals surface area contributed by atoms with Crippen molar-refractivity contribution in [2.24, 2.45) is 0 Å². The van der Waals surface area contributed by atoms with Gasteiger partial charge in [0.25, 0.3) is 5.91 Å². The van der Waals surface area contributed by atoms with Crippen molar-refractivity contribution in [2.45, 2.75) is 256 Å². The number of aliphatic hydroxyl groups excluding tert-OH is 6. The van der Waals surface area contributed by atoms with Gasteiger partial charge in [0.05, 0.1) is 78.3 Å². The number of ketones is 1. The van der Waals surface area contributed by atoms with Gasteiger partial charge in [-0.1, -0.05) is 150 Å². The number of halogens is 1. The zero-order valence-electron chi connectivity index (χ0n) is 65.3. The maximum Gasteiger partial charge on any atom is 0.317 e. The summed E-state index contributed by atoms with van der Waals surface area (Å²) in [5, 5.41) is 60.5. The third-order valence-electron chi connectivity index (χ3n) is 22.4. The number of carbonyl (C=O) groups is 2. The first-order valence-electron chi connectivity index (χ1n) is 37.7. The van der Waals surface area contributed by atoms with Crippen LogP contribution >= 0.6 is 15.9 Å². The fourth-order valence-corrected chi connectivity index (χ4v) is 16.1. The van der Waals surface area contributed by atoms with Crippen LogP contribution in [0.15, 0.2) is 126 Å². The SMILES string of the molecule is CC1(C)CCN2C(=O)C(=O)Cc3cccc1c32.CC1(C)CCn2c(=O)c(=O)n(C[C@H](O)[C@H](O)[C@H](O)CO)c3cccc1c32.CC1(C)OC[C@H](/C=C\CBr)O1.CC1(C)OC[C@H](/C=C\Cn2c(=O)c(=O)n3c4c(cccc42)C(C)(C)CC3)O1.CC1(C)OC[C@H]([C@@H](O)[C@@H](O)Cn2c(=O)c(=O)n3c4c(cccc42)C(C)(C)CC3)O1. The van der Waals surface area contributed by atoms with Crippen molar-refractivity contribution in [1.82, 2.24) is 27.4 Å². The summed E-state index contributed by atoms with van der Waals surface area (Å²) in [6.07, 6.45) is 3.33. The summed E-state index contributed by atoms with van der Waals surface area (Å²) < 4.78 is 41.9. The number of allylic oxidation sites excluding steroid dienone is 2. The number of aromatic nitrogens is 6. The van der Waals surface area contributed by atoms with Crippen LogP contribution in [0.1, 0.15) is 150 Å². The molecule has 3 saturated heterocycles. The Kier molecular flexibility index (Phi) is 24.3. The van der Waals surface area contributed by atoms with Crippen LogP contribution in [0.25, 0.3) is 33.1 Å². The van der Waals surface area contributed by atoms with Gasteiger partial charge < -0.3 is 77.7 Å². The average Bonchev–Trinajstić information content (AvgIpc) is 0.880. The molecule has 0 saturated carbocycles. The van der Waals surface area contributed by atoms with Crippen LogP contribution in [0.3, 0.4) is 0 Å². The number of ether oxygens (including phenoxy) is 6. The van der Waals surface area contributed by atoms with Crippen LogP contribution < -0.4 is 38.3 Å². The van der Waals surface area contributed by atoms with Crippen molar-refractivity contribution in [1.29, 1.82) is 0 Å². The maximum absolute atomic E-state index is 12.8. The van der Waals surface area contributed by atoms with Crippen LogP contribution in [-0.2, 0) is 105 Å². The summed E-state index contributed by atoms with van der Waals surface area (Å²) in [6, 6.07) is 23.0. The minimum absolute atomic E-state index is 0.0232. The molecule has 15 rings (SSSR count). The molecule has 8 atom stereocenters. The highest BCUT2D eigenvalue weighted by Crippen LogP contribution is 2.44. The number of alkyl halides is 1. The molecule has 28 heteroatoms. The monoisotopic (exact) mass is 1590 g/mol. The van der Waals surface area contributed by atoms with Gasteiger partial charge in [0.1, 0.15) is 48.8 Å². The molecular weight excluding hydrogens is 1480 g/mol. The zero-order valence-corrected chi connectivity index (χ0v) is 66.9. The number of anilines is 1. The van der Waals surface area contributed by atoms with Crippen molar-refractivity contribution in [3.8, 4) is 0 Å². The number of para-hydroxylation sites is 4. The lowest BCUT2D eigenvalue weighted by atomic mass is 9.75. The van der Waals surface area contributed by atoms with Crippen LogP contribution in [0.2, 0.25) is 0 Å². The maximum atomic E-state index is 12.8. The van der Waals surface area contributed by atoms with Gasteiger partial charge in [-0.05, 0) is 135 Å². The predicted octanol–water partition coefficient (Wildman–Crippen LogP) is 6.10. The molecule has 110 heavy (non-hydrogen) atoms. The van der Waals surface area contributed by atoms with Crippen molar-refractivity contribution >= 4 is 66.4 Å². The summed E-state index contributed by atoms with van der Waals surface area (Å²) >= 11 is 3.30. The second kappa shape index (κ2) is 32.1. The molecule has 1 amide bonds. The standard InChI is InChI=1S/C21H28N2O6.C21H26N2O4.C18H24N2O6.C14H15NO2.C8H13BrO2/c1-20(2)8-9-22-16-12(20)6-5-7-13(16)23(19(27)18(22)26)10-14(24)17(25)15-11-28-21(3,4)29-15;1-20(2)10-12-23-17-15(20)8-5-9-16(17)22(18(24)19(23)25)11-6-7-14-13-26-21(3,4)27-14;1-18(2)6-7-19-14-10(18)4-3-5-11(14)20(17(26)16(19)25)8-12(22)15(24)13(23)9-21;1-14(2)6-7-15-12-9(4-3-5-10(12)14)8-11(16)13(15)17;1-8(2)10-6-7(11-8)4-3-5-9/h5-7,14-15,17,24-25H,8-11H2,1-4H3;5-9,14H,10-13H2,1-4H3;3-5,12-13,15,21-24H,6-9H2,1-2H3;3-5H,6-8H2,1-2H3;3-4,7H,5-6H2,1-2H3/b;7-6-;;;4-3-/t14-,15+,17-;14-;12-,13+,15-;;7-/m000.0/s1. The van der Waals surface area contributed by atoms with Crippen molar-refractivity contribution < 1.29 is 68.6 Å². The number of aryl methyl sites for hydroxylation is 3. The first-order chi connectivity index (χ1) is 51.5. The predicted molar refractivity (Wildman–Crippen MR) is 419 cm³/mol. The lowest BCUT2D eigenvalue weighted by molar-refractivity contribution is -0.161. The third-order valence-corrected chi connectivity index (χ3v) is 22.8. The summed E-state index contributed by atoms with van der Waals surface area (Å²) in [4.78, 5) is 101. The number of nitrogens with zero attached hydrogens (tertiary/aromatic N) is 7. The van der Waals surface area contributed by atoms with E-state index in [2.05, 4.69) is 83.5 Å². The molecule has 11 heterocycles. The molecule has 4 aromatic carbocycles. The molecule has 3 fully saturated rings.